The summed E-state index contributed by atoms with van der Waals surface area (Å²) >= 11 is 5.25. The van der Waals surface area contributed by atoms with Gasteiger partial charge in [0.2, 0.25) is 0 Å². The molecule has 0 fully saturated rings. The van der Waals surface area contributed by atoms with Crippen LogP contribution in [0.4, 0.5) is 11.4 Å². The molecule has 1 atom stereocenters. The molecule has 6 nitrogen and oxygen atoms in total. The highest BCUT2D eigenvalue weighted by Crippen LogP contribution is 2.26. The van der Waals surface area contributed by atoms with Crippen molar-refractivity contribution in [3.05, 3.63) is 69.3 Å². The number of carbonyl (C=O) groups excluding carboxylic acids is 1. The zero-order valence-corrected chi connectivity index (χ0v) is 15.7. The number of rotatable bonds is 5. The van der Waals surface area contributed by atoms with E-state index in [9.17, 15) is 14.9 Å². The standard InChI is InChI=1S/C19H21N3O3S/c1-4-12(2)14-8-5-6-10-16(14)20-19(26)21-18(23)15-9-7-11-17(13(15)3)22(24)25/h5-12H,4H2,1-3H3,(H2,20,21,23,26)/t12-/m0/s1. The van der Waals surface area contributed by atoms with Crippen molar-refractivity contribution in [2.24, 2.45) is 0 Å². The molecule has 136 valence electrons. The van der Waals surface area contributed by atoms with Crippen molar-refractivity contribution in [1.82, 2.24) is 5.32 Å². The van der Waals surface area contributed by atoms with Crippen molar-refractivity contribution in [2.45, 2.75) is 33.1 Å². The fraction of sp³-hybridized carbons (Fsp3) is 0.263. The number of nitrogens with zero attached hydrogens (tertiary/aromatic N) is 1. The molecule has 2 aromatic carbocycles. The van der Waals surface area contributed by atoms with Gasteiger partial charge in [-0.2, -0.15) is 0 Å². The van der Waals surface area contributed by atoms with Crippen LogP contribution in [-0.2, 0) is 0 Å². The first-order chi connectivity index (χ1) is 12.3. The number of para-hydroxylation sites is 1. The van der Waals surface area contributed by atoms with Gasteiger partial charge in [-0.05, 0) is 49.2 Å². The lowest BCUT2D eigenvalue weighted by molar-refractivity contribution is -0.385. The van der Waals surface area contributed by atoms with E-state index in [1.54, 1.807) is 6.92 Å². The van der Waals surface area contributed by atoms with E-state index in [2.05, 4.69) is 24.5 Å². The molecule has 0 saturated carbocycles. The first-order valence-corrected chi connectivity index (χ1v) is 8.71. The van der Waals surface area contributed by atoms with Crippen LogP contribution in [0.5, 0.6) is 0 Å². The Morgan fingerprint density at radius 2 is 1.92 bits per heavy atom. The maximum Gasteiger partial charge on any atom is 0.273 e. The second-order valence-corrected chi connectivity index (χ2v) is 6.42. The second-order valence-electron chi connectivity index (χ2n) is 6.01. The third-order valence-electron chi connectivity index (χ3n) is 4.33. The van der Waals surface area contributed by atoms with Gasteiger partial charge in [0, 0.05) is 22.9 Å². The Kier molecular flexibility index (Phi) is 6.41. The Morgan fingerprint density at radius 1 is 1.23 bits per heavy atom. The van der Waals surface area contributed by atoms with Gasteiger partial charge in [0.25, 0.3) is 11.6 Å². The lowest BCUT2D eigenvalue weighted by atomic mass is 9.97. The van der Waals surface area contributed by atoms with Crippen LogP contribution in [0.1, 0.15) is 47.7 Å². The van der Waals surface area contributed by atoms with Crippen molar-refractivity contribution in [3.8, 4) is 0 Å². The number of thiocarbonyl (C=S) groups is 1. The highest BCUT2D eigenvalue weighted by molar-refractivity contribution is 7.80. The Labute approximate surface area is 157 Å². The summed E-state index contributed by atoms with van der Waals surface area (Å²) in [7, 11) is 0. The van der Waals surface area contributed by atoms with Crippen molar-refractivity contribution in [3.63, 3.8) is 0 Å². The zero-order chi connectivity index (χ0) is 19.3. The van der Waals surface area contributed by atoms with E-state index in [4.69, 9.17) is 12.2 Å². The summed E-state index contributed by atoms with van der Waals surface area (Å²) in [6.45, 7) is 5.77. The Balaban J connectivity index is 2.16. The minimum atomic E-state index is -0.509. The minimum absolute atomic E-state index is 0.0985. The van der Waals surface area contributed by atoms with Gasteiger partial charge in [-0.15, -0.1) is 0 Å². The van der Waals surface area contributed by atoms with Crippen molar-refractivity contribution in [1.29, 1.82) is 0 Å². The minimum Gasteiger partial charge on any atom is -0.332 e. The van der Waals surface area contributed by atoms with Gasteiger partial charge < -0.3 is 5.32 Å². The number of nitro groups is 1. The van der Waals surface area contributed by atoms with Crippen LogP contribution in [0.15, 0.2) is 42.5 Å². The average molecular weight is 371 g/mol. The van der Waals surface area contributed by atoms with E-state index in [0.717, 1.165) is 17.7 Å². The Hall–Kier alpha value is -2.80. The summed E-state index contributed by atoms with van der Waals surface area (Å²) in [5.41, 5.74) is 2.37. The topological polar surface area (TPSA) is 84.3 Å². The molecule has 0 aromatic heterocycles. The fourth-order valence-corrected chi connectivity index (χ4v) is 2.85. The number of hydrogen-bond acceptors (Lipinski definition) is 4. The normalized spacial score (nSPS) is 11.5. The number of amides is 1. The number of anilines is 1. The van der Waals surface area contributed by atoms with Crippen LogP contribution in [0, 0.1) is 17.0 Å². The van der Waals surface area contributed by atoms with E-state index in [1.807, 2.05) is 24.3 Å². The van der Waals surface area contributed by atoms with Crippen LogP contribution in [-0.4, -0.2) is 15.9 Å². The van der Waals surface area contributed by atoms with E-state index in [0.29, 0.717) is 11.5 Å². The van der Waals surface area contributed by atoms with Crippen molar-refractivity contribution in [2.75, 3.05) is 5.32 Å². The third-order valence-corrected chi connectivity index (χ3v) is 4.53. The Morgan fingerprint density at radius 3 is 2.58 bits per heavy atom. The molecule has 0 aliphatic rings. The van der Waals surface area contributed by atoms with Crippen LogP contribution < -0.4 is 10.6 Å². The average Bonchev–Trinajstić information content (AvgIpc) is 2.61. The SMILES string of the molecule is CC[C@H](C)c1ccccc1NC(=S)NC(=O)c1cccc([N+](=O)[O-])c1C. The molecule has 0 spiro atoms. The number of benzene rings is 2. The molecule has 0 heterocycles. The first-order valence-electron chi connectivity index (χ1n) is 8.30. The molecule has 0 unspecified atom stereocenters. The molecule has 2 N–H and O–H groups in total. The fourth-order valence-electron chi connectivity index (χ4n) is 2.65. The van der Waals surface area contributed by atoms with Gasteiger partial charge in [0.15, 0.2) is 5.11 Å². The van der Waals surface area contributed by atoms with E-state index in [1.165, 1.54) is 18.2 Å². The highest BCUT2D eigenvalue weighted by Gasteiger charge is 2.19. The maximum atomic E-state index is 12.5. The molecule has 0 aliphatic carbocycles. The summed E-state index contributed by atoms with van der Waals surface area (Å²) in [6, 6.07) is 12.2. The second kappa shape index (κ2) is 8.53. The molecule has 2 rings (SSSR count). The summed E-state index contributed by atoms with van der Waals surface area (Å²) in [5, 5.41) is 16.8. The molecule has 0 saturated heterocycles. The lowest BCUT2D eigenvalue weighted by Gasteiger charge is -2.17. The molecule has 1 amide bonds. The predicted octanol–water partition coefficient (Wildman–Crippen LogP) is 4.54. The molecular formula is C19H21N3O3S. The lowest BCUT2D eigenvalue weighted by Crippen LogP contribution is -2.34. The molecular weight excluding hydrogens is 350 g/mol. The highest BCUT2D eigenvalue weighted by atomic mass is 32.1. The summed E-state index contributed by atoms with van der Waals surface area (Å²) in [4.78, 5) is 23.0. The van der Waals surface area contributed by atoms with Crippen LogP contribution in [0.3, 0.4) is 0 Å². The van der Waals surface area contributed by atoms with Gasteiger partial charge >= 0.3 is 0 Å². The quantitative estimate of drug-likeness (QED) is 0.458. The van der Waals surface area contributed by atoms with Crippen LogP contribution in [0.2, 0.25) is 0 Å². The number of nitro benzene ring substituents is 1. The number of hydrogen-bond donors (Lipinski definition) is 2. The molecule has 0 radical (unpaired) electrons. The van der Waals surface area contributed by atoms with Crippen LogP contribution in [0.25, 0.3) is 0 Å². The van der Waals surface area contributed by atoms with Gasteiger partial charge in [-0.25, -0.2) is 0 Å². The van der Waals surface area contributed by atoms with Crippen molar-refractivity contribution >= 4 is 34.6 Å². The zero-order valence-electron chi connectivity index (χ0n) is 14.9. The molecule has 0 bridgehead atoms. The number of nitrogens with one attached hydrogen (secondary N) is 2. The van der Waals surface area contributed by atoms with Gasteiger partial charge in [-0.1, -0.05) is 38.1 Å². The summed E-state index contributed by atoms with van der Waals surface area (Å²) < 4.78 is 0. The largest absolute Gasteiger partial charge is 0.332 e. The van der Waals surface area contributed by atoms with Gasteiger partial charge in [0.1, 0.15) is 0 Å². The third kappa shape index (κ3) is 4.43. The molecule has 26 heavy (non-hydrogen) atoms. The summed E-state index contributed by atoms with van der Waals surface area (Å²) in [5.74, 6) is -0.138. The Bertz CT molecular complexity index is 852. The molecule has 0 aliphatic heterocycles. The molecule has 2 aromatic rings. The smallest absolute Gasteiger partial charge is 0.273 e. The number of carbonyl (C=O) groups is 1. The predicted molar refractivity (Wildman–Crippen MR) is 107 cm³/mol. The van der Waals surface area contributed by atoms with Gasteiger partial charge in [0.05, 0.1) is 4.92 Å². The van der Waals surface area contributed by atoms with E-state index in [-0.39, 0.29) is 16.4 Å². The summed E-state index contributed by atoms with van der Waals surface area (Å²) in [6.07, 6.45) is 0.977. The monoisotopic (exact) mass is 371 g/mol. The van der Waals surface area contributed by atoms with E-state index >= 15 is 0 Å². The first kappa shape index (κ1) is 19.5. The van der Waals surface area contributed by atoms with E-state index < -0.39 is 10.8 Å². The van der Waals surface area contributed by atoms with Crippen LogP contribution >= 0.6 is 12.2 Å². The maximum absolute atomic E-state index is 12.5. The van der Waals surface area contributed by atoms with Crippen molar-refractivity contribution < 1.29 is 9.72 Å². The van der Waals surface area contributed by atoms with Gasteiger partial charge in [-0.3, -0.25) is 20.2 Å². The molecule has 7 heteroatoms.